The smallest absolute Gasteiger partial charge is 0.247 e. The van der Waals surface area contributed by atoms with E-state index in [1.807, 2.05) is 48.3 Å². The van der Waals surface area contributed by atoms with Gasteiger partial charge < -0.3 is 25.2 Å². The van der Waals surface area contributed by atoms with Crippen molar-refractivity contribution in [1.82, 2.24) is 24.6 Å². The number of aryl methyl sites for hydroxylation is 1. The molecule has 0 spiro atoms. The molecule has 1 aliphatic heterocycles. The quantitative estimate of drug-likeness (QED) is 0.325. The molecular formula is C29H34N8O2. The molecule has 1 saturated heterocycles. The van der Waals surface area contributed by atoms with E-state index in [9.17, 15) is 4.79 Å². The molecule has 39 heavy (non-hydrogen) atoms. The first-order valence-electron chi connectivity index (χ1n) is 13.0. The van der Waals surface area contributed by atoms with E-state index in [4.69, 9.17) is 9.72 Å². The van der Waals surface area contributed by atoms with Crippen molar-refractivity contribution in [3.05, 3.63) is 61.4 Å². The third kappa shape index (κ3) is 5.56. The normalized spacial score (nSPS) is 14.3. The van der Waals surface area contributed by atoms with E-state index < -0.39 is 0 Å². The molecule has 10 heteroatoms. The Bertz CT molecular complexity index is 1510. The first-order chi connectivity index (χ1) is 18.9. The molecule has 10 nitrogen and oxygen atoms in total. The molecule has 2 aromatic heterocycles. The summed E-state index contributed by atoms with van der Waals surface area (Å²) >= 11 is 0. The number of aromatic nitrogens is 4. The molecule has 4 aromatic rings. The lowest BCUT2D eigenvalue weighted by atomic mass is 10.0. The van der Waals surface area contributed by atoms with Crippen molar-refractivity contribution in [2.45, 2.75) is 18.9 Å². The van der Waals surface area contributed by atoms with Gasteiger partial charge in [0.1, 0.15) is 5.75 Å². The Kier molecular flexibility index (Phi) is 7.47. The van der Waals surface area contributed by atoms with E-state index in [2.05, 4.69) is 57.3 Å². The Morgan fingerprint density at radius 3 is 2.69 bits per heavy atom. The summed E-state index contributed by atoms with van der Waals surface area (Å²) in [5.74, 6) is 0.745. The van der Waals surface area contributed by atoms with Crippen LogP contribution in [0.5, 0.6) is 5.75 Å². The van der Waals surface area contributed by atoms with E-state index in [1.165, 1.54) is 6.08 Å². The first-order valence-corrected chi connectivity index (χ1v) is 13.0. The number of carbonyl (C=O) groups is 1. The maximum atomic E-state index is 12.4. The van der Waals surface area contributed by atoms with Crippen molar-refractivity contribution < 1.29 is 9.53 Å². The monoisotopic (exact) mass is 526 g/mol. The second-order valence-corrected chi connectivity index (χ2v) is 9.84. The van der Waals surface area contributed by atoms with Crippen molar-refractivity contribution >= 4 is 39.8 Å². The summed E-state index contributed by atoms with van der Waals surface area (Å²) < 4.78 is 7.61. The highest BCUT2D eigenvalue weighted by Gasteiger charge is 2.24. The number of benzene rings is 2. The zero-order valence-corrected chi connectivity index (χ0v) is 22.8. The van der Waals surface area contributed by atoms with Crippen LogP contribution in [-0.4, -0.2) is 70.9 Å². The molecule has 1 amide bonds. The number of anilines is 4. The van der Waals surface area contributed by atoms with Gasteiger partial charge in [0.25, 0.3) is 0 Å². The molecule has 202 valence electrons. The topological polar surface area (TPSA) is 100 Å². The fraction of sp³-hybridized carbons (Fsp3) is 0.310. The van der Waals surface area contributed by atoms with Gasteiger partial charge in [-0.25, -0.2) is 9.97 Å². The largest absolute Gasteiger partial charge is 0.494 e. The summed E-state index contributed by atoms with van der Waals surface area (Å²) in [7, 11) is 7.75. The van der Waals surface area contributed by atoms with Gasteiger partial charge in [0, 0.05) is 43.4 Å². The van der Waals surface area contributed by atoms with Crippen molar-refractivity contribution in [2.24, 2.45) is 7.05 Å². The van der Waals surface area contributed by atoms with Gasteiger partial charge in [-0.05, 0) is 63.3 Å². The van der Waals surface area contributed by atoms with Gasteiger partial charge in [-0.1, -0.05) is 12.6 Å². The highest BCUT2D eigenvalue weighted by Crippen LogP contribution is 2.39. The number of fused-ring (bicyclic) bond motifs is 1. The summed E-state index contributed by atoms with van der Waals surface area (Å²) in [6, 6.07) is 12.1. The van der Waals surface area contributed by atoms with Crippen LogP contribution in [0.1, 0.15) is 12.8 Å². The molecule has 0 bridgehead atoms. The van der Waals surface area contributed by atoms with Crippen molar-refractivity contribution in [3.63, 3.8) is 0 Å². The van der Waals surface area contributed by atoms with Gasteiger partial charge in [-0.2, -0.15) is 5.10 Å². The number of methoxy groups -OCH3 is 1. The lowest BCUT2D eigenvalue weighted by Crippen LogP contribution is -2.42. The Labute approximate surface area is 228 Å². The van der Waals surface area contributed by atoms with Crippen LogP contribution in [0, 0.1) is 0 Å². The number of amides is 1. The van der Waals surface area contributed by atoms with Crippen LogP contribution in [0.15, 0.2) is 61.4 Å². The molecule has 2 N–H and O–H groups in total. The van der Waals surface area contributed by atoms with Crippen LogP contribution in [0.2, 0.25) is 0 Å². The van der Waals surface area contributed by atoms with Crippen LogP contribution in [0.3, 0.4) is 0 Å². The molecule has 5 rings (SSSR count). The number of piperidine rings is 1. The number of nitrogens with one attached hydrogen (secondary N) is 2. The lowest BCUT2D eigenvalue weighted by Gasteiger charge is -2.37. The molecule has 3 heterocycles. The summed E-state index contributed by atoms with van der Waals surface area (Å²) in [4.78, 5) is 26.1. The predicted octanol–water partition coefficient (Wildman–Crippen LogP) is 4.44. The maximum Gasteiger partial charge on any atom is 0.247 e. The summed E-state index contributed by atoms with van der Waals surface area (Å²) in [5.41, 5.74) is 4.95. The Hall–Kier alpha value is -4.44. The molecular weight excluding hydrogens is 492 g/mol. The third-order valence-electron chi connectivity index (χ3n) is 7.32. The molecule has 1 aliphatic rings. The lowest BCUT2D eigenvalue weighted by molar-refractivity contribution is -0.111. The second-order valence-electron chi connectivity index (χ2n) is 9.84. The van der Waals surface area contributed by atoms with Crippen LogP contribution in [0.4, 0.5) is 23.0 Å². The Balaban J connectivity index is 1.47. The van der Waals surface area contributed by atoms with E-state index >= 15 is 0 Å². The molecule has 2 aromatic carbocycles. The third-order valence-corrected chi connectivity index (χ3v) is 7.32. The summed E-state index contributed by atoms with van der Waals surface area (Å²) in [6.07, 6.45) is 6.90. The Morgan fingerprint density at radius 2 is 1.95 bits per heavy atom. The number of carbonyl (C=O) groups excluding carboxylic acids is 1. The molecule has 0 radical (unpaired) electrons. The highest BCUT2D eigenvalue weighted by molar-refractivity contribution is 6.02. The fourth-order valence-corrected chi connectivity index (χ4v) is 5.01. The number of ether oxygens (including phenoxy) is 1. The molecule has 0 atom stereocenters. The van der Waals surface area contributed by atoms with E-state index in [-0.39, 0.29) is 5.91 Å². The number of nitrogens with zero attached hydrogens (tertiary/aromatic N) is 6. The van der Waals surface area contributed by atoms with Crippen molar-refractivity contribution in [3.8, 4) is 17.0 Å². The zero-order valence-electron chi connectivity index (χ0n) is 22.8. The van der Waals surface area contributed by atoms with E-state index in [1.54, 1.807) is 13.3 Å². The first kappa shape index (κ1) is 26.2. The number of hydrogen-bond donors (Lipinski definition) is 2. The van der Waals surface area contributed by atoms with Gasteiger partial charge in [0.05, 0.1) is 41.6 Å². The summed E-state index contributed by atoms with van der Waals surface area (Å²) in [6.45, 7) is 5.67. The molecule has 1 fully saturated rings. The zero-order chi connectivity index (χ0) is 27.5. The predicted molar refractivity (Wildman–Crippen MR) is 156 cm³/mol. The molecule has 0 unspecified atom stereocenters. The van der Waals surface area contributed by atoms with Gasteiger partial charge in [0.15, 0.2) is 0 Å². The second kappa shape index (κ2) is 11.1. The van der Waals surface area contributed by atoms with Crippen molar-refractivity contribution in [1.29, 1.82) is 0 Å². The number of likely N-dealkylation sites (tertiary alicyclic amines) is 1. The average Bonchev–Trinajstić information content (AvgIpc) is 3.33. The van der Waals surface area contributed by atoms with Crippen LogP contribution in [-0.2, 0) is 11.8 Å². The van der Waals surface area contributed by atoms with Gasteiger partial charge in [-0.3, -0.25) is 9.48 Å². The van der Waals surface area contributed by atoms with Crippen molar-refractivity contribution in [2.75, 3.05) is 49.8 Å². The maximum absolute atomic E-state index is 12.4. The minimum Gasteiger partial charge on any atom is -0.494 e. The highest BCUT2D eigenvalue weighted by atomic mass is 16.5. The number of rotatable bonds is 8. The minimum atomic E-state index is -0.284. The fourth-order valence-electron chi connectivity index (χ4n) is 5.01. The summed E-state index contributed by atoms with van der Waals surface area (Å²) in [5, 5.41) is 11.6. The van der Waals surface area contributed by atoms with E-state index in [0.717, 1.165) is 53.8 Å². The van der Waals surface area contributed by atoms with Crippen LogP contribution in [0.25, 0.3) is 22.2 Å². The van der Waals surface area contributed by atoms with E-state index in [0.29, 0.717) is 29.1 Å². The van der Waals surface area contributed by atoms with Gasteiger partial charge in [-0.15, -0.1) is 0 Å². The Morgan fingerprint density at radius 1 is 1.15 bits per heavy atom. The molecule has 0 saturated carbocycles. The molecule has 0 aliphatic carbocycles. The standard InChI is InChI=1S/C29H34N8O2/c1-6-28(38)32-23-16-24(27(39-5)17-26(23)36(3)21-10-13-35(2)14-11-21)34-29-30-12-9-22(33-29)19-7-8-25-20(15-19)18-31-37(25)4/h6-9,12,15-18,21H,1,10-11,13-14H2,2-5H3,(H,32,38)(H,30,33,34). The minimum absolute atomic E-state index is 0.284. The van der Waals surface area contributed by atoms with Crippen LogP contribution >= 0.6 is 0 Å². The van der Waals surface area contributed by atoms with Gasteiger partial charge >= 0.3 is 0 Å². The SMILES string of the molecule is C=CC(=O)Nc1cc(Nc2nccc(-c3ccc4c(cnn4C)c3)n2)c(OC)cc1N(C)C1CCN(C)CC1. The number of hydrogen-bond acceptors (Lipinski definition) is 8. The van der Waals surface area contributed by atoms with Gasteiger partial charge in [0.2, 0.25) is 11.9 Å². The average molecular weight is 527 g/mol. The van der Waals surface area contributed by atoms with Crippen LogP contribution < -0.4 is 20.3 Å².